The van der Waals surface area contributed by atoms with Crippen LogP contribution in [-0.2, 0) is 0 Å². The molecular weight excluding hydrogens is 374 g/mol. The third-order valence-corrected chi connectivity index (χ3v) is 4.58. The zero-order valence-corrected chi connectivity index (χ0v) is 16.9. The molecule has 30 heavy (non-hydrogen) atoms. The molecule has 2 aromatic carbocycles. The topological polar surface area (TPSA) is 74.8 Å². The van der Waals surface area contributed by atoms with Crippen molar-refractivity contribution in [2.45, 2.75) is 6.92 Å². The number of nitrogens with zero attached hydrogens (tertiary/aromatic N) is 1. The van der Waals surface area contributed by atoms with Crippen molar-refractivity contribution in [1.29, 1.82) is 0 Å². The van der Waals surface area contributed by atoms with E-state index in [2.05, 4.69) is 15.3 Å². The zero-order chi connectivity index (χ0) is 21.3. The number of nitrogens with one attached hydrogen (secondary N) is 2. The highest BCUT2D eigenvalue weighted by Gasteiger charge is 2.08. The van der Waals surface area contributed by atoms with Gasteiger partial charge in [0.25, 0.3) is 0 Å². The van der Waals surface area contributed by atoms with Gasteiger partial charge in [0.1, 0.15) is 0 Å². The Kier molecular flexibility index (Phi) is 6.90. The molecule has 4 rings (SSSR count). The first-order valence-electron chi connectivity index (χ1n) is 9.54. The second-order valence-corrected chi connectivity index (χ2v) is 6.64. The fourth-order valence-electron chi connectivity index (χ4n) is 3.05. The molecule has 0 saturated carbocycles. The molecule has 4 aromatic rings. The number of pyridine rings is 1. The maximum atomic E-state index is 11.4. The number of Topliss-reactive ketones (excluding diaryl/α,β-unsaturated/α-hetero) is 1. The largest absolute Gasteiger partial charge is 0.388 e. The van der Waals surface area contributed by atoms with Gasteiger partial charge in [-0.15, -0.1) is 0 Å². The summed E-state index contributed by atoms with van der Waals surface area (Å²) in [6.07, 6.45) is 5.99. The van der Waals surface area contributed by atoms with Gasteiger partial charge in [-0.2, -0.15) is 0 Å². The number of anilines is 1. The molecule has 0 spiro atoms. The normalized spacial score (nSPS) is 9.93. The van der Waals surface area contributed by atoms with E-state index in [1.165, 1.54) is 0 Å². The van der Waals surface area contributed by atoms with E-state index in [1.54, 1.807) is 19.3 Å². The summed E-state index contributed by atoms with van der Waals surface area (Å²) in [6, 6.07) is 21.4. The Morgan fingerprint density at radius 3 is 2.37 bits per heavy atom. The summed E-state index contributed by atoms with van der Waals surface area (Å²) in [5.41, 5.74) is 6.34. The number of ketones is 1. The quantitative estimate of drug-likeness (QED) is 0.345. The molecule has 0 unspecified atom stereocenters. The third-order valence-electron chi connectivity index (χ3n) is 4.58. The Hall–Kier alpha value is -3.99. The number of H-pyrrole nitrogens is 1. The molecule has 0 atom stereocenters. The van der Waals surface area contributed by atoms with Gasteiger partial charge in [0.15, 0.2) is 12.1 Å². The van der Waals surface area contributed by atoms with Crippen LogP contribution in [0.25, 0.3) is 22.4 Å². The summed E-state index contributed by atoms with van der Waals surface area (Å²) in [6.45, 7) is 1.57. The van der Waals surface area contributed by atoms with Gasteiger partial charge in [-0.1, -0.05) is 36.4 Å². The Bertz CT molecular complexity index is 1120. The zero-order valence-electron chi connectivity index (χ0n) is 16.9. The maximum absolute atomic E-state index is 11.4. The minimum absolute atomic E-state index is 0.0717. The van der Waals surface area contributed by atoms with Gasteiger partial charge in [0.2, 0.25) is 0 Å². The lowest BCUT2D eigenvalue weighted by Crippen LogP contribution is -2.00. The van der Waals surface area contributed by atoms with Gasteiger partial charge in [0.05, 0.1) is 0 Å². The van der Waals surface area contributed by atoms with Crippen LogP contribution in [0.2, 0.25) is 0 Å². The second kappa shape index (κ2) is 9.98. The predicted octanol–water partition coefficient (Wildman–Crippen LogP) is 5.49. The van der Waals surface area contributed by atoms with Gasteiger partial charge in [-0.25, -0.2) is 0 Å². The minimum Gasteiger partial charge on any atom is -0.388 e. The van der Waals surface area contributed by atoms with Crippen molar-refractivity contribution in [1.82, 2.24) is 9.97 Å². The molecular formula is C25H23N3O2. The van der Waals surface area contributed by atoms with Gasteiger partial charge in [-0.05, 0) is 42.8 Å². The van der Waals surface area contributed by atoms with Crippen molar-refractivity contribution in [2.24, 2.45) is 0 Å². The first kappa shape index (κ1) is 20.7. The van der Waals surface area contributed by atoms with E-state index in [0.29, 0.717) is 5.56 Å². The van der Waals surface area contributed by atoms with E-state index in [1.807, 2.05) is 80.0 Å². The molecule has 2 aromatic heterocycles. The van der Waals surface area contributed by atoms with Crippen LogP contribution in [-0.4, -0.2) is 29.1 Å². The number of carbonyl (C=O) groups excluding carboxylic acids is 2. The number of aromatic nitrogens is 2. The van der Waals surface area contributed by atoms with Crippen molar-refractivity contribution >= 4 is 17.8 Å². The molecule has 0 amide bonds. The Labute approximate surface area is 175 Å². The summed E-state index contributed by atoms with van der Waals surface area (Å²) >= 11 is 0. The van der Waals surface area contributed by atoms with Crippen LogP contribution in [0.15, 0.2) is 85.3 Å². The van der Waals surface area contributed by atoms with Crippen LogP contribution in [0.3, 0.4) is 0 Å². The van der Waals surface area contributed by atoms with Crippen LogP contribution in [0, 0.1) is 0 Å². The highest BCUT2D eigenvalue weighted by molar-refractivity contribution is 6.00. The Balaban J connectivity index is 0.000000172. The molecule has 5 heteroatoms. The summed E-state index contributed by atoms with van der Waals surface area (Å²) in [7, 11) is 1.82. The van der Waals surface area contributed by atoms with Crippen molar-refractivity contribution in [3.05, 3.63) is 96.4 Å². The lowest BCUT2D eigenvalue weighted by Gasteiger charge is -2.08. The van der Waals surface area contributed by atoms with Crippen molar-refractivity contribution < 1.29 is 9.59 Å². The van der Waals surface area contributed by atoms with Crippen LogP contribution < -0.4 is 5.32 Å². The third kappa shape index (κ3) is 5.08. The molecule has 0 saturated heterocycles. The first-order chi connectivity index (χ1) is 14.6. The van der Waals surface area contributed by atoms with Gasteiger partial charge >= 0.3 is 0 Å². The lowest BCUT2D eigenvalue weighted by atomic mass is 10.0. The minimum atomic E-state index is 0.0717. The average Bonchev–Trinajstić information content (AvgIpc) is 3.34. The summed E-state index contributed by atoms with van der Waals surface area (Å²) in [5, 5.41) is 3.04. The first-order valence-corrected chi connectivity index (χ1v) is 9.54. The van der Waals surface area contributed by atoms with Crippen molar-refractivity contribution in [3.8, 4) is 22.4 Å². The number of hydrogen-bond donors (Lipinski definition) is 2. The van der Waals surface area contributed by atoms with Crippen LogP contribution in [0.4, 0.5) is 5.69 Å². The molecule has 5 nitrogen and oxygen atoms in total. The summed E-state index contributed by atoms with van der Waals surface area (Å²) in [4.78, 5) is 29.1. The van der Waals surface area contributed by atoms with Gasteiger partial charge in [-0.3, -0.25) is 14.6 Å². The number of benzene rings is 2. The molecule has 0 aliphatic rings. The number of rotatable bonds is 5. The number of aromatic amines is 1. The molecule has 0 aliphatic heterocycles. The summed E-state index contributed by atoms with van der Waals surface area (Å²) in [5.74, 6) is 0.0717. The van der Waals surface area contributed by atoms with Crippen molar-refractivity contribution in [3.63, 3.8) is 0 Å². The predicted molar refractivity (Wildman–Crippen MR) is 121 cm³/mol. The van der Waals surface area contributed by atoms with Crippen LogP contribution in [0.5, 0.6) is 0 Å². The van der Waals surface area contributed by atoms with E-state index < -0.39 is 0 Å². The number of aldehydes is 1. The smallest absolute Gasteiger partial charge is 0.161 e. The Morgan fingerprint density at radius 1 is 0.933 bits per heavy atom. The van der Waals surface area contributed by atoms with Gasteiger partial charge in [0, 0.05) is 59.3 Å². The molecule has 150 valence electrons. The van der Waals surface area contributed by atoms with Gasteiger partial charge < -0.3 is 10.3 Å². The maximum Gasteiger partial charge on any atom is 0.161 e. The molecule has 0 fully saturated rings. The standard InChI is InChI=1S/C13H14N2O.C12H9NO/c1-9(16)11-6-5-10(8-13(11)14-2)12-4-3-7-15-12;14-9-10-6-12(8-13-7-10)11-4-2-1-3-5-11/h3-8,14-15H,1-2H3;1-9H. The highest BCUT2D eigenvalue weighted by atomic mass is 16.1. The average molecular weight is 397 g/mol. The van der Waals surface area contributed by atoms with E-state index in [4.69, 9.17) is 0 Å². The highest BCUT2D eigenvalue weighted by Crippen LogP contribution is 2.24. The fourth-order valence-corrected chi connectivity index (χ4v) is 3.05. The van der Waals surface area contributed by atoms with E-state index >= 15 is 0 Å². The molecule has 2 heterocycles. The second-order valence-electron chi connectivity index (χ2n) is 6.64. The monoisotopic (exact) mass is 397 g/mol. The van der Waals surface area contributed by atoms with Crippen LogP contribution in [0.1, 0.15) is 27.6 Å². The van der Waals surface area contributed by atoms with Crippen LogP contribution >= 0.6 is 0 Å². The van der Waals surface area contributed by atoms with E-state index in [-0.39, 0.29) is 5.78 Å². The molecule has 0 aliphatic carbocycles. The number of hydrogen-bond acceptors (Lipinski definition) is 4. The SMILES string of the molecule is CNc1cc(-c2ccc[nH]2)ccc1C(C)=O.O=Cc1cncc(-c2ccccc2)c1. The van der Waals surface area contributed by atoms with Crippen molar-refractivity contribution in [2.75, 3.05) is 12.4 Å². The lowest BCUT2D eigenvalue weighted by molar-refractivity contribution is 0.101. The molecule has 2 N–H and O–H groups in total. The summed E-state index contributed by atoms with van der Waals surface area (Å²) < 4.78 is 0. The Morgan fingerprint density at radius 2 is 1.73 bits per heavy atom. The van der Waals surface area contributed by atoms with E-state index in [0.717, 1.165) is 39.9 Å². The molecule has 0 radical (unpaired) electrons. The van der Waals surface area contributed by atoms with E-state index in [9.17, 15) is 9.59 Å². The number of carbonyl (C=O) groups is 2. The fraction of sp³-hybridized carbons (Fsp3) is 0.0800. The molecule has 0 bridgehead atoms.